The predicted octanol–water partition coefficient (Wildman–Crippen LogP) is 1.16. The summed E-state index contributed by atoms with van der Waals surface area (Å²) >= 11 is 0. The monoisotopic (exact) mass is 287 g/mol. The minimum atomic E-state index is 0.463. The van der Waals surface area contributed by atoms with Crippen LogP contribution in [0.15, 0.2) is 28.9 Å². The molecule has 0 spiro atoms. The molecule has 0 unspecified atom stereocenters. The van der Waals surface area contributed by atoms with Crippen molar-refractivity contribution < 1.29 is 4.42 Å². The fourth-order valence-corrected chi connectivity index (χ4v) is 2.65. The second kappa shape index (κ2) is 6.24. The van der Waals surface area contributed by atoms with Crippen LogP contribution in [0.1, 0.15) is 17.1 Å². The van der Waals surface area contributed by atoms with Gasteiger partial charge in [-0.1, -0.05) is 0 Å². The van der Waals surface area contributed by atoms with Crippen molar-refractivity contribution in [2.24, 2.45) is 5.73 Å². The normalized spacial score (nSPS) is 16.4. The van der Waals surface area contributed by atoms with Crippen LogP contribution in [0.3, 0.4) is 0 Å². The zero-order valence-electron chi connectivity index (χ0n) is 12.3. The molecule has 6 nitrogen and oxygen atoms in total. The Balaban J connectivity index is 1.56. The summed E-state index contributed by atoms with van der Waals surface area (Å²) in [6, 6.07) is 3.93. The molecular weight excluding hydrogens is 266 g/mol. The molecule has 0 aromatic carbocycles. The Bertz CT molecular complexity index is 575. The molecule has 0 atom stereocenters. The van der Waals surface area contributed by atoms with Crippen molar-refractivity contribution in [2.75, 3.05) is 31.1 Å². The van der Waals surface area contributed by atoms with Crippen LogP contribution in [0.4, 0.5) is 5.95 Å². The quantitative estimate of drug-likeness (QED) is 0.910. The van der Waals surface area contributed by atoms with Crippen LogP contribution in [-0.2, 0) is 13.1 Å². The number of hydrogen-bond donors (Lipinski definition) is 1. The van der Waals surface area contributed by atoms with E-state index < -0.39 is 0 Å². The lowest BCUT2D eigenvalue weighted by molar-refractivity contribution is 0.227. The average molecular weight is 287 g/mol. The zero-order valence-corrected chi connectivity index (χ0v) is 12.3. The van der Waals surface area contributed by atoms with Crippen molar-refractivity contribution in [1.29, 1.82) is 0 Å². The number of nitrogens with zero attached hydrogens (tertiary/aromatic N) is 4. The maximum Gasteiger partial charge on any atom is 0.225 e. The lowest BCUT2D eigenvalue weighted by Gasteiger charge is -2.34. The van der Waals surface area contributed by atoms with Gasteiger partial charge in [0.25, 0.3) is 0 Å². The number of anilines is 1. The van der Waals surface area contributed by atoms with Gasteiger partial charge in [-0.25, -0.2) is 9.97 Å². The molecule has 2 N–H and O–H groups in total. The lowest BCUT2D eigenvalue weighted by Crippen LogP contribution is -2.46. The van der Waals surface area contributed by atoms with E-state index in [4.69, 9.17) is 10.2 Å². The highest BCUT2D eigenvalue weighted by atomic mass is 16.3. The highest BCUT2D eigenvalue weighted by Gasteiger charge is 2.20. The molecule has 0 radical (unpaired) electrons. The summed E-state index contributed by atoms with van der Waals surface area (Å²) in [6.07, 6.45) is 3.57. The molecule has 112 valence electrons. The van der Waals surface area contributed by atoms with Gasteiger partial charge in [-0.15, -0.1) is 0 Å². The molecule has 6 heteroatoms. The van der Waals surface area contributed by atoms with Crippen LogP contribution in [0.2, 0.25) is 0 Å². The van der Waals surface area contributed by atoms with Gasteiger partial charge in [-0.2, -0.15) is 0 Å². The molecule has 3 rings (SSSR count). The van der Waals surface area contributed by atoms with E-state index in [2.05, 4.69) is 25.8 Å². The molecule has 21 heavy (non-hydrogen) atoms. The smallest absolute Gasteiger partial charge is 0.225 e. The summed E-state index contributed by atoms with van der Waals surface area (Å²) in [5.74, 6) is 2.70. The van der Waals surface area contributed by atoms with Gasteiger partial charge in [0, 0.05) is 38.6 Å². The standard InChI is InChI=1S/C15H21N5O/c1-12-9-13(21-14(12)10-16)11-19-5-7-20(8-6-19)15-17-3-2-4-18-15/h2-4,9H,5-8,10-11,16H2,1H3. The van der Waals surface area contributed by atoms with Crippen LogP contribution < -0.4 is 10.6 Å². The SMILES string of the molecule is Cc1cc(CN2CCN(c3ncccn3)CC2)oc1CN. The summed E-state index contributed by atoms with van der Waals surface area (Å²) in [7, 11) is 0. The van der Waals surface area contributed by atoms with Gasteiger partial charge in [-0.3, -0.25) is 4.90 Å². The van der Waals surface area contributed by atoms with Crippen LogP contribution in [0.25, 0.3) is 0 Å². The number of piperazine rings is 1. The van der Waals surface area contributed by atoms with Gasteiger partial charge in [0.05, 0.1) is 13.1 Å². The van der Waals surface area contributed by atoms with Crippen molar-refractivity contribution in [3.63, 3.8) is 0 Å². The number of rotatable bonds is 4. The summed E-state index contributed by atoms with van der Waals surface area (Å²) in [5.41, 5.74) is 6.79. The fraction of sp³-hybridized carbons (Fsp3) is 0.467. The van der Waals surface area contributed by atoms with Crippen LogP contribution >= 0.6 is 0 Å². The molecule has 0 saturated carbocycles. The molecule has 1 aliphatic heterocycles. The molecule has 1 aliphatic rings. The van der Waals surface area contributed by atoms with Crippen LogP contribution in [0, 0.1) is 6.92 Å². The summed E-state index contributed by atoms with van der Waals surface area (Å²) in [5, 5.41) is 0. The predicted molar refractivity (Wildman–Crippen MR) is 80.9 cm³/mol. The first-order valence-corrected chi connectivity index (χ1v) is 7.29. The first-order chi connectivity index (χ1) is 10.3. The van der Waals surface area contributed by atoms with Crippen molar-refractivity contribution in [2.45, 2.75) is 20.0 Å². The molecule has 2 aromatic heterocycles. The molecular formula is C15H21N5O. The average Bonchev–Trinajstić information content (AvgIpc) is 2.88. The topological polar surface area (TPSA) is 71.4 Å². The molecule has 2 aromatic rings. The van der Waals surface area contributed by atoms with E-state index in [1.807, 2.05) is 13.0 Å². The first kappa shape index (κ1) is 14.0. The second-order valence-electron chi connectivity index (χ2n) is 5.34. The zero-order chi connectivity index (χ0) is 14.7. The molecule has 1 saturated heterocycles. The van der Waals surface area contributed by atoms with Gasteiger partial charge in [0.1, 0.15) is 11.5 Å². The van der Waals surface area contributed by atoms with E-state index in [9.17, 15) is 0 Å². The maximum absolute atomic E-state index is 5.77. The van der Waals surface area contributed by atoms with Gasteiger partial charge in [0.15, 0.2) is 0 Å². The molecule has 0 aliphatic carbocycles. The molecule has 3 heterocycles. The Kier molecular flexibility index (Phi) is 4.17. The van der Waals surface area contributed by atoms with Gasteiger partial charge >= 0.3 is 0 Å². The highest BCUT2D eigenvalue weighted by molar-refractivity contribution is 5.29. The Morgan fingerprint density at radius 1 is 1.19 bits per heavy atom. The van der Waals surface area contributed by atoms with E-state index in [-0.39, 0.29) is 0 Å². The van der Waals surface area contributed by atoms with E-state index in [1.54, 1.807) is 12.4 Å². The Hall–Kier alpha value is -1.92. The van der Waals surface area contributed by atoms with Crippen LogP contribution in [-0.4, -0.2) is 41.0 Å². The van der Waals surface area contributed by atoms with E-state index in [1.165, 1.54) is 0 Å². The van der Waals surface area contributed by atoms with Crippen molar-refractivity contribution in [3.8, 4) is 0 Å². The number of aromatic nitrogens is 2. The molecule has 1 fully saturated rings. The minimum Gasteiger partial charge on any atom is -0.463 e. The number of hydrogen-bond acceptors (Lipinski definition) is 6. The maximum atomic E-state index is 5.77. The van der Waals surface area contributed by atoms with Gasteiger partial charge in [0.2, 0.25) is 5.95 Å². The largest absolute Gasteiger partial charge is 0.463 e. The Morgan fingerprint density at radius 3 is 2.52 bits per heavy atom. The van der Waals surface area contributed by atoms with Gasteiger partial charge < -0.3 is 15.1 Å². The van der Waals surface area contributed by atoms with E-state index in [0.717, 1.165) is 55.8 Å². The Labute approximate surface area is 124 Å². The third-order valence-electron chi connectivity index (χ3n) is 3.84. The number of aryl methyl sites for hydroxylation is 1. The molecule has 0 amide bonds. The highest BCUT2D eigenvalue weighted by Crippen LogP contribution is 2.17. The summed E-state index contributed by atoms with van der Waals surface area (Å²) in [6.45, 7) is 7.18. The van der Waals surface area contributed by atoms with Crippen molar-refractivity contribution >= 4 is 5.95 Å². The van der Waals surface area contributed by atoms with Crippen molar-refractivity contribution in [3.05, 3.63) is 41.6 Å². The van der Waals surface area contributed by atoms with E-state index >= 15 is 0 Å². The Morgan fingerprint density at radius 2 is 1.90 bits per heavy atom. The third kappa shape index (κ3) is 3.22. The molecule has 0 bridgehead atoms. The summed E-state index contributed by atoms with van der Waals surface area (Å²) < 4.78 is 5.77. The van der Waals surface area contributed by atoms with Crippen LogP contribution in [0.5, 0.6) is 0 Å². The fourth-order valence-electron chi connectivity index (χ4n) is 2.65. The third-order valence-corrected chi connectivity index (χ3v) is 3.84. The van der Waals surface area contributed by atoms with Gasteiger partial charge in [-0.05, 0) is 24.6 Å². The summed E-state index contributed by atoms with van der Waals surface area (Å²) in [4.78, 5) is 13.2. The first-order valence-electron chi connectivity index (χ1n) is 7.29. The van der Waals surface area contributed by atoms with Crippen molar-refractivity contribution in [1.82, 2.24) is 14.9 Å². The lowest BCUT2D eigenvalue weighted by atomic mass is 10.2. The van der Waals surface area contributed by atoms with E-state index in [0.29, 0.717) is 6.54 Å². The second-order valence-corrected chi connectivity index (χ2v) is 5.34. The number of furan rings is 1. The minimum absolute atomic E-state index is 0.463. The number of nitrogens with two attached hydrogens (primary N) is 1.